The monoisotopic (exact) mass is 189 g/mol. The summed E-state index contributed by atoms with van der Waals surface area (Å²) in [6.45, 7) is 13.2. The van der Waals surface area contributed by atoms with Crippen LogP contribution in [0.2, 0.25) is 16.6 Å². The largest absolute Gasteiger partial charge is 0.324 e. The third-order valence-corrected chi connectivity index (χ3v) is 9.18. The molecule has 0 rings (SSSR count). The molecular formula is C9H23NOSi. The molecule has 0 saturated carbocycles. The van der Waals surface area contributed by atoms with Gasteiger partial charge in [0, 0.05) is 0 Å². The van der Waals surface area contributed by atoms with Crippen molar-refractivity contribution in [3.63, 3.8) is 0 Å². The van der Waals surface area contributed by atoms with Crippen LogP contribution >= 0.6 is 0 Å². The SMILES string of the molecule is CC(C)[Si](NO)(C(C)C)C(C)C. The van der Waals surface area contributed by atoms with Gasteiger partial charge in [-0.15, -0.1) is 0 Å². The Labute approximate surface area is 77.4 Å². The Kier molecular flexibility index (Phi) is 4.44. The van der Waals surface area contributed by atoms with Crippen LogP contribution in [0, 0.1) is 0 Å². The Hall–Kier alpha value is 0.137. The maximum atomic E-state index is 9.30. The lowest BCUT2D eigenvalue weighted by Crippen LogP contribution is -2.56. The molecule has 0 aliphatic rings. The van der Waals surface area contributed by atoms with Crippen LogP contribution in [-0.4, -0.2) is 13.4 Å². The summed E-state index contributed by atoms with van der Waals surface area (Å²) >= 11 is 0. The molecule has 0 atom stereocenters. The Morgan fingerprint density at radius 1 is 0.833 bits per heavy atom. The van der Waals surface area contributed by atoms with Crippen molar-refractivity contribution in [2.24, 2.45) is 0 Å². The zero-order valence-corrected chi connectivity index (χ0v) is 10.2. The van der Waals surface area contributed by atoms with E-state index in [9.17, 15) is 5.21 Å². The molecule has 0 spiro atoms. The molecule has 0 aromatic carbocycles. The van der Waals surface area contributed by atoms with Gasteiger partial charge in [-0.05, 0) is 16.6 Å². The first-order valence-electron chi connectivity index (χ1n) is 4.80. The molecule has 74 valence electrons. The smallest absolute Gasteiger partial charge is 0.163 e. The highest BCUT2D eigenvalue weighted by molar-refractivity contribution is 6.80. The van der Waals surface area contributed by atoms with E-state index in [0.29, 0.717) is 16.6 Å². The van der Waals surface area contributed by atoms with Crippen LogP contribution in [0.1, 0.15) is 41.5 Å². The van der Waals surface area contributed by atoms with Crippen LogP contribution in [0.25, 0.3) is 0 Å². The van der Waals surface area contributed by atoms with E-state index < -0.39 is 8.24 Å². The minimum atomic E-state index is -1.70. The summed E-state index contributed by atoms with van der Waals surface area (Å²) in [4.78, 5) is 0. The summed E-state index contributed by atoms with van der Waals surface area (Å²) in [6.07, 6.45) is 0. The molecule has 0 saturated heterocycles. The van der Waals surface area contributed by atoms with Crippen molar-refractivity contribution in [1.82, 2.24) is 5.15 Å². The van der Waals surface area contributed by atoms with E-state index in [1.807, 2.05) is 0 Å². The van der Waals surface area contributed by atoms with Crippen LogP contribution in [0.3, 0.4) is 0 Å². The number of rotatable bonds is 4. The van der Waals surface area contributed by atoms with Gasteiger partial charge in [0.2, 0.25) is 0 Å². The van der Waals surface area contributed by atoms with E-state index in [0.717, 1.165) is 0 Å². The van der Waals surface area contributed by atoms with Gasteiger partial charge in [0.1, 0.15) is 0 Å². The van der Waals surface area contributed by atoms with Gasteiger partial charge in [0.25, 0.3) is 0 Å². The quantitative estimate of drug-likeness (QED) is 0.526. The van der Waals surface area contributed by atoms with E-state index >= 15 is 0 Å². The predicted octanol–water partition coefficient (Wildman–Crippen LogP) is 3.14. The summed E-state index contributed by atoms with van der Waals surface area (Å²) < 4.78 is 0. The van der Waals surface area contributed by atoms with Crippen LogP contribution in [0.5, 0.6) is 0 Å². The lowest BCUT2D eigenvalue weighted by Gasteiger charge is -2.40. The van der Waals surface area contributed by atoms with Crippen LogP contribution < -0.4 is 5.15 Å². The summed E-state index contributed by atoms with van der Waals surface area (Å²) in [5, 5.41) is 12.0. The molecule has 0 unspecified atom stereocenters. The van der Waals surface area contributed by atoms with E-state index in [-0.39, 0.29) is 0 Å². The third-order valence-electron chi connectivity index (χ3n) is 3.06. The molecule has 0 aliphatic carbocycles. The maximum absolute atomic E-state index is 9.30. The van der Waals surface area contributed by atoms with Crippen LogP contribution in [0.15, 0.2) is 0 Å². The number of hydrogen-bond donors (Lipinski definition) is 2. The van der Waals surface area contributed by atoms with Gasteiger partial charge in [-0.25, -0.2) is 5.15 Å². The van der Waals surface area contributed by atoms with Crippen molar-refractivity contribution in [2.45, 2.75) is 58.2 Å². The fourth-order valence-electron chi connectivity index (χ4n) is 2.39. The maximum Gasteiger partial charge on any atom is 0.163 e. The number of hydrogen-bond acceptors (Lipinski definition) is 2. The van der Waals surface area contributed by atoms with Crippen molar-refractivity contribution < 1.29 is 5.21 Å². The molecule has 0 fully saturated rings. The lowest BCUT2D eigenvalue weighted by atomic mass is 10.5. The summed E-state index contributed by atoms with van der Waals surface area (Å²) in [5.74, 6) is 0. The van der Waals surface area contributed by atoms with Crippen molar-refractivity contribution >= 4 is 8.24 Å². The summed E-state index contributed by atoms with van der Waals surface area (Å²) in [7, 11) is -1.70. The minimum absolute atomic E-state index is 0.572. The van der Waals surface area contributed by atoms with Crippen LogP contribution in [0.4, 0.5) is 0 Å². The Morgan fingerprint density at radius 3 is 1.08 bits per heavy atom. The molecule has 0 aromatic heterocycles. The second-order valence-corrected chi connectivity index (χ2v) is 10.1. The molecule has 0 radical (unpaired) electrons. The van der Waals surface area contributed by atoms with Crippen LogP contribution in [-0.2, 0) is 0 Å². The predicted molar refractivity (Wildman–Crippen MR) is 56.0 cm³/mol. The normalized spacial score (nSPS) is 13.5. The molecule has 2 nitrogen and oxygen atoms in total. The minimum Gasteiger partial charge on any atom is -0.324 e. The molecule has 0 heterocycles. The highest BCUT2D eigenvalue weighted by atomic mass is 28.3. The van der Waals surface area contributed by atoms with Gasteiger partial charge in [-0.1, -0.05) is 41.5 Å². The van der Waals surface area contributed by atoms with Gasteiger partial charge >= 0.3 is 0 Å². The molecular weight excluding hydrogens is 166 g/mol. The third kappa shape index (κ3) is 1.89. The van der Waals surface area contributed by atoms with E-state index in [1.165, 1.54) is 0 Å². The average molecular weight is 189 g/mol. The summed E-state index contributed by atoms with van der Waals surface area (Å²) in [6, 6.07) is 0. The Balaban J connectivity index is 4.77. The number of nitrogens with one attached hydrogen (secondary N) is 1. The van der Waals surface area contributed by atoms with Crippen molar-refractivity contribution in [2.75, 3.05) is 0 Å². The molecule has 0 amide bonds. The standard InChI is InChI=1S/C9H23NOSi/c1-7(2)12(10-11,8(3)4)9(5)6/h7-11H,1-6H3. The molecule has 12 heavy (non-hydrogen) atoms. The molecule has 0 aromatic rings. The van der Waals surface area contributed by atoms with E-state index in [2.05, 4.69) is 46.7 Å². The Morgan fingerprint density at radius 2 is 1.08 bits per heavy atom. The first-order chi connectivity index (χ1) is 5.39. The highest BCUT2D eigenvalue weighted by Gasteiger charge is 2.42. The fraction of sp³-hybridized carbons (Fsp3) is 1.00. The van der Waals surface area contributed by atoms with Crippen molar-refractivity contribution in [3.8, 4) is 0 Å². The topological polar surface area (TPSA) is 32.3 Å². The van der Waals surface area contributed by atoms with E-state index in [1.54, 1.807) is 0 Å². The molecule has 2 N–H and O–H groups in total. The molecule has 0 aliphatic heterocycles. The second kappa shape index (κ2) is 4.39. The van der Waals surface area contributed by atoms with Crippen molar-refractivity contribution in [1.29, 1.82) is 0 Å². The highest BCUT2D eigenvalue weighted by Crippen LogP contribution is 2.38. The second-order valence-electron chi connectivity index (χ2n) is 4.51. The first kappa shape index (κ1) is 12.1. The zero-order chi connectivity index (χ0) is 9.94. The van der Waals surface area contributed by atoms with Gasteiger partial charge < -0.3 is 5.21 Å². The van der Waals surface area contributed by atoms with Gasteiger partial charge in [-0.2, -0.15) is 0 Å². The van der Waals surface area contributed by atoms with Gasteiger partial charge in [0.05, 0.1) is 0 Å². The van der Waals surface area contributed by atoms with Gasteiger partial charge in [-0.3, -0.25) is 0 Å². The van der Waals surface area contributed by atoms with Gasteiger partial charge in [0.15, 0.2) is 8.24 Å². The van der Waals surface area contributed by atoms with E-state index in [4.69, 9.17) is 0 Å². The average Bonchev–Trinajstić information content (AvgIpc) is 1.86. The molecule has 3 heteroatoms. The zero-order valence-electron chi connectivity index (χ0n) is 9.18. The summed E-state index contributed by atoms with van der Waals surface area (Å²) in [5.41, 5.74) is 1.72. The fourth-order valence-corrected chi connectivity index (χ4v) is 7.16. The lowest BCUT2D eigenvalue weighted by molar-refractivity contribution is 0.226. The Bertz CT molecular complexity index is 113. The first-order valence-corrected chi connectivity index (χ1v) is 7.04. The molecule has 0 bridgehead atoms. The van der Waals surface area contributed by atoms with Crippen molar-refractivity contribution in [3.05, 3.63) is 0 Å².